The van der Waals surface area contributed by atoms with Gasteiger partial charge in [0.15, 0.2) is 5.78 Å². The molecule has 0 aromatic heterocycles. The number of carbonyl (C=O) groups is 1. The molecule has 1 saturated heterocycles. The summed E-state index contributed by atoms with van der Waals surface area (Å²) < 4.78 is 19.0. The zero-order valence-electron chi connectivity index (χ0n) is 13.1. The molecule has 0 aliphatic carbocycles. The highest BCUT2D eigenvalue weighted by molar-refractivity contribution is 5.99. The number of halogens is 1. The van der Waals surface area contributed by atoms with Gasteiger partial charge in [0.05, 0.1) is 12.7 Å². The molecular formula is C17H24FNO2. The van der Waals surface area contributed by atoms with Gasteiger partial charge in [-0.05, 0) is 37.4 Å². The van der Waals surface area contributed by atoms with Crippen molar-refractivity contribution in [2.45, 2.75) is 39.2 Å². The SMILES string of the molecule is COc1cccc(F)c1C(=O)CCN1CCCC1C(C)C. The lowest BCUT2D eigenvalue weighted by molar-refractivity contribution is 0.0947. The fourth-order valence-electron chi connectivity index (χ4n) is 3.20. The highest BCUT2D eigenvalue weighted by Gasteiger charge is 2.27. The summed E-state index contributed by atoms with van der Waals surface area (Å²) in [6.07, 6.45) is 2.70. The molecule has 1 aromatic rings. The maximum Gasteiger partial charge on any atom is 0.170 e. The van der Waals surface area contributed by atoms with Crippen molar-refractivity contribution in [2.24, 2.45) is 5.92 Å². The molecule has 3 nitrogen and oxygen atoms in total. The quantitative estimate of drug-likeness (QED) is 0.752. The highest BCUT2D eigenvalue weighted by Crippen LogP contribution is 2.26. The van der Waals surface area contributed by atoms with E-state index < -0.39 is 5.82 Å². The van der Waals surface area contributed by atoms with Crippen molar-refractivity contribution in [3.05, 3.63) is 29.6 Å². The number of nitrogens with zero attached hydrogens (tertiary/aromatic N) is 1. The Morgan fingerprint density at radius 1 is 1.48 bits per heavy atom. The molecule has 0 N–H and O–H groups in total. The minimum atomic E-state index is -0.499. The van der Waals surface area contributed by atoms with E-state index in [0.717, 1.165) is 6.54 Å². The van der Waals surface area contributed by atoms with E-state index in [1.54, 1.807) is 12.1 Å². The second-order valence-electron chi connectivity index (χ2n) is 5.98. The summed E-state index contributed by atoms with van der Waals surface area (Å²) in [5.74, 6) is 0.230. The summed E-state index contributed by atoms with van der Waals surface area (Å²) in [6, 6.07) is 5.03. The third kappa shape index (κ3) is 3.62. The van der Waals surface area contributed by atoms with Crippen molar-refractivity contribution in [1.29, 1.82) is 0 Å². The fraction of sp³-hybridized carbons (Fsp3) is 0.588. The Labute approximate surface area is 126 Å². The standard InChI is InChI=1S/C17H24FNO2/c1-12(2)14-7-5-10-19(14)11-9-15(20)17-13(18)6-4-8-16(17)21-3/h4,6,8,12,14H,5,7,9-11H2,1-3H3. The normalized spacial score (nSPS) is 19.2. The second kappa shape index (κ2) is 7.03. The molecule has 0 spiro atoms. The van der Waals surface area contributed by atoms with E-state index in [2.05, 4.69) is 18.7 Å². The largest absolute Gasteiger partial charge is 0.496 e. The summed E-state index contributed by atoms with van der Waals surface area (Å²) in [7, 11) is 1.46. The first kappa shape index (κ1) is 16.0. The second-order valence-corrected chi connectivity index (χ2v) is 5.98. The van der Waals surface area contributed by atoms with Crippen molar-refractivity contribution in [2.75, 3.05) is 20.2 Å². The molecule has 1 aliphatic rings. The van der Waals surface area contributed by atoms with Crippen LogP contribution in [0.25, 0.3) is 0 Å². The molecular weight excluding hydrogens is 269 g/mol. The monoisotopic (exact) mass is 293 g/mol. The van der Waals surface area contributed by atoms with E-state index >= 15 is 0 Å². The minimum absolute atomic E-state index is 0.0836. The first-order valence-electron chi connectivity index (χ1n) is 7.64. The first-order chi connectivity index (χ1) is 10.0. The number of methoxy groups -OCH3 is 1. The Hall–Kier alpha value is -1.42. The van der Waals surface area contributed by atoms with Gasteiger partial charge in [-0.1, -0.05) is 19.9 Å². The molecule has 0 bridgehead atoms. The molecule has 1 aromatic carbocycles. The summed E-state index contributed by atoms with van der Waals surface area (Å²) in [4.78, 5) is 14.7. The maximum absolute atomic E-state index is 13.9. The summed E-state index contributed by atoms with van der Waals surface area (Å²) in [5, 5.41) is 0. The summed E-state index contributed by atoms with van der Waals surface area (Å²) in [6.45, 7) is 6.15. The van der Waals surface area contributed by atoms with Crippen LogP contribution < -0.4 is 4.74 Å². The summed E-state index contributed by atoms with van der Waals surface area (Å²) >= 11 is 0. The third-order valence-electron chi connectivity index (χ3n) is 4.28. The van der Waals surface area contributed by atoms with Crippen molar-refractivity contribution >= 4 is 5.78 Å². The number of likely N-dealkylation sites (tertiary alicyclic amines) is 1. The average Bonchev–Trinajstić information content (AvgIpc) is 2.93. The van der Waals surface area contributed by atoms with Crippen LogP contribution in [0.3, 0.4) is 0 Å². The van der Waals surface area contributed by atoms with Crippen LogP contribution in [-0.2, 0) is 0 Å². The van der Waals surface area contributed by atoms with Gasteiger partial charge in [0.1, 0.15) is 11.6 Å². The zero-order chi connectivity index (χ0) is 15.4. The molecule has 1 aliphatic heterocycles. The van der Waals surface area contributed by atoms with Gasteiger partial charge in [-0.25, -0.2) is 4.39 Å². The van der Waals surface area contributed by atoms with Crippen LogP contribution in [0.2, 0.25) is 0 Å². The van der Waals surface area contributed by atoms with Gasteiger partial charge in [0.2, 0.25) is 0 Å². The Morgan fingerprint density at radius 3 is 2.90 bits per heavy atom. The van der Waals surface area contributed by atoms with E-state index in [0.29, 0.717) is 30.7 Å². The first-order valence-corrected chi connectivity index (χ1v) is 7.64. The van der Waals surface area contributed by atoms with Gasteiger partial charge in [0.25, 0.3) is 0 Å². The van der Waals surface area contributed by atoms with E-state index in [4.69, 9.17) is 4.74 Å². The van der Waals surface area contributed by atoms with Crippen molar-refractivity contribution < 1.29 is 13.9 Å². The Bertz CT molecular complexity index is 502. The highest BCUT2D eigenvalue weighted by atomic mass is 19.1. The van der Waals surface area contributed by atoms with Crippen LogP contribution in [0, 0.1) is 11.7 Å². The molecule has 1 unspecified atom stereocenters. The smallest absolute Gasteiger partial charge is 0.170 e. The molecule has 0 radical (unpaired) electrons. The molecule has 116 valence electrons. The van der Waals surface area contributed by atoms with Gasteiger partial charge < -0.3 is 4.74 Å². The van der Waals surface area contributed by atoms with Gasteiger partial charge in [-0.3, -0.25) is 9.69 Å². The Kier molecular flexibility index (Phi) is 5.34. The van der Waals surface area contributed by atoms with Gasteiger partial charge in [-0.15, -0.1) is 0 Å². The number of ketones is 1. The Balaban J connectivity index is 2.02. The van der Waals surface area contributed by atoms with E-state index in [1.165, 1.54) is 26.0 Å². The topological polar surface area (TPSA) is 29.5 Å². The minimum Gasteiger partial charge on any atom is -0.496 e. The number of ether oxygens (including phenoxy) is 1. The van der Waals surface area contributed by atoms with Gasteiger partial charge >= 0.3 is 0 Å². The molecule has 1 atom stereocenters. The van der Waals surface area contributed by atoms with E-state index in [1.807, 2.05) is 0 Å². The number of carbonyl (C=O) groups excluding carboxylic acids is 1. The number of rotatable bonds is 6. The van der Waals surface area contributed by atoms with Crippen LogP contribution in [0.15, 0.2) is 18.2 Å². The van der Waals surface area contributed by atoms with Crippen molar-refractivity contribution in [1.82, 2.24) is 4.90 Å². The fourth-order valence-corrected chi connectivity index (χ4v) is 3.20. The lowest BCUT2D eigenvalue weighted by Crippen LogP contribution is -2.35. The van der Waals surface area contributed by atoms with Crippen LogP contribution in [-0.4, -0.2) is 36.9 Å². The van der Waals surface area contributed by atoms with Crippen LogP contribution in [0.5, 0.6) is 5.75 Å². The van der Waals surface area contributed by atoms with Crippen molar-refractivity contribution in [3.63, 3.8) is 0 Å². The molecule has 0 saturated carbocycles. The van der Waals surface area contributed by atoms with E-state index in [9.17, 15) is 9.18 Å². The van der Waals surface area contributed by atoms with Gasteiger partial charge in [-0.2, -0.15) is 0 Å². The average molecular weight is 293 g/mol. The van der Waals surface area contributed by atoms with Gasteiger partial charge in [0, 0.05) is 19.0 Å². The lowest BCUT2D eigenvalue weighted by Gasteiger charge is -2.27. The van der Waals surface area contributed by atoms with Crippen LogP contribution in [0.4, 0.5) is 4.39 Å². The Morgan fingerprint density at radius 2 is 2.24 bits per heavy atom. The van der Waals surface area contributed by atoms with E-state index in [-0.39, 0.29) is 11.3 Å². The number of hydrogen-bond acceptors (Lipinski definition) is 3. The number of Topliss-reactive ketones (excluding diaryl/α,β-unsaturated/α-hetero) is 1. The van der Waals surface area contributed by atoms with Crippen LogP contribution in [0.1, 0.15) is 43.5 Å². The molecule has 1 heterocycles. The molecule has 1 fully saturated rings. The third-order valence-corrected chi connectivity index (χ3v) is 4.28. The maximum atomic E-state index is 13.9. The number of benzene rings is 1. The predicted octanol–water partition coefficient (Wildman–Crippen LogP) is 3.53. The summed E-state index contributed by atoms with van der Waals surface area (Å²) in [5.41, 5.74) is 0.0836. The lowest BCUT2D eigenvalue weighted by atomic mass is 10.0. The molecule has 4 heteroatoms. The molecule has 2 rings (SSSR count). The predicted molar refractivity (Wildman–Crippen MR) is 81.3 cm³/mol. The van der Waals surface area contributed by atoms with Crippen LogP contribution >= 0.6 is 0 Å². The molecule has 21 heavy (non-hydrogen) atoms. The van der Waals surface area contributed by atoms with Crippen molar-refractivity contribution in [3.8, 4) is 5.75 Å². The molecule has 0 amide bonds. The zero-order valence-corrected chi connectivity index (χ0v) is 13.1. The number of hydrogen-bond donors (Lipinski definition) is 0.